The fourth-order valence-electron chi connectivity index (χ4n) is 3.62. The van der Waals surface area contributed by atoms with Gasteiger partial charge in [0.25, 0.3) is 0 Å². The number of ether oxygens (including phenoxy) is 3. The van der Waals surface area contributed by atoms with E-state index in [4.69, 9.17) is 14.2 Å². The van der Waals surface area contributed by atoms with Crippen LogP contribution in [0.25, 0.3) is 23.4 Å². The number of fused-ring (bicyclic) bond motifs is 1. The van der Waals surface area contributed by atoms with Crippen molar-refractivity contribution in [2.24, 2.45) is 0 Å². The normalized spacial score (nSPS) is 12.4. The predicted molar refractivity (Wildman–Crippen MR) is 120 cm³/mol. The van der Waals surface area contributed by atoms with Crippen LogP contribution < -0.4 is 15.9 Å². The number of amides is 1. The Kier molecular flexibility index (Phi) is 7.52. The molecule has 0 spiro atoms. The first kappa shape index (κ1) is 22.2. The van der Waals surface area contributed by atoms with Crippen molar-refractivity contribution in [1.82, 2.24) is 4.57 Å². The van der Waals surface area contributed by atoms with Crippen molar-refractivity contribution >= 4 is 23.9 Å². The van der Waals surface area contributed by atoms with Gasteiger partial charge < -0.3 is 18.8 Å². The maximum Gasteiger partial charge on any atom is 0.411 e. The molecule has 0 atom stereocenters. The Morgan fingerprint density at radius 1 is 1.26 bits per heavy atom. The zero-order chi connectivity index (χ0) is 22.2. The van der Waals surface area contributed by atoms with Crippen molar-refractivity contribution in [1.29, 1.82) is 5.26 Å². The van der Waals surface area contributed by atoms with Crippen LogP contribution in [0.3, 0.4) is 0 Å². The lowest BCUT2D eigenvalue weighted by Crippen LogP contribution is -2.29. The van der Waals surface area contributed by atoms with Crippen LogP contribution in [0.4, 0.5) is 10.5 Å². The van der Waals surface area contributed by atoms with Gasteiger partial charge in [-0.3, -0.25) is 5.32 Å². The number of anilines is 1. The first-order valence-corrected chi connectivity index (χ1v) is 10.2. The summed E-state index contributed by atoms with van der Waals surface area (Å²) in [6.07, 6.45) is 6.99. The van der Waals surface area contributed by atoms with Gasteiger partial charge in [0, 0.05) is 41.9 Å². The van der Waals surface area contributed by atoms with E-state index < -0.39 is 6.09 Å². The summed E-state index contributed by atoms with van der Waals surface area (Å²) in [5.74, 6) is 0.850. The summed E-state index contributed by atoms with van der Waals surface area (Å²) in [5.41, 5.74) is 2.89. The lowest BCUT2D eigenvalue weighted by Gasteiger charge is -2.12. The standard InChI is InChI=1S/C24H27N3O4/c1-4-12-27-22-11-9-19(30-3)8-10-20(22)21(16-25)23(27)17-6-5-7-18(15-17)26-24(28)31-14-13-29-2/h5-8,10-11,15H,4,9,12-14H2,1-3H3,(H,26,28). The quantitative estimate of drug-likeness (QED) is 0.662. The zero-order valence-electron chi connectivity index (χ0n) is 18.1. The minimum Gasteiger partial charge on any atom is -0.501 e. The molecule has 0 unspecified atom stereocenters. The van der Waals surface area contributed by atoms with Gasteiger partial charge in [0.2, 0.25) is 0 Å². The number of allylic oxidation sites excluding steroid dienone is 2. The van der Waals surface area contributed by atoms with Crippen LogP contribution in [-0.4, -0.2) is 38.1 Å². The van der Waals surface area contributed by atoms with Gasteiger partial charge >= 0.3 is 6.09 Å². The molecule has 162 valence electrons. The highest BCUT2D eigenvalue weighted by molar-refractivity contribution is 5.86. The Labute approximate surface area is 181 Å². The molecule has 1 N–H and O–H groups in total. The molecule has 1 aliphatic carbocycles. The fourth-order valence-corrected chi connectivity index (χ4v) is 3.62. The van der Waals surface area contributed by atoms with Gasteiger partial charge in [0.15, 0.2) is 0 Å². The third-order valence-electron chi connectivity index (χ3n) is 5.00. The Morgan fingerprint density at radius 3 is 2.81 bits per heavy atom. The molecule has 0 saturated carbocycles. The number of nitriles is 1. The van der Waals surface area contributed by atoms with Gasteiger partial charge in [-0.2, -0.15) is 5.26 Å². The van der Waals surface area contributed by atoms with Crippen LogP contribution in [0.1, 0.15) is 25.3 Å². The van der Waals surface area contributed by atoms with Crippen molar-refractivity contribution < 1.29 is 19.0 Å². The number of benzene rings is 1. The molecule has 0 bridgehead atoms. The molecule has 1 heterocycles. The molecule has 0 saturated heterocycles. The van der Waals surface area contributed by atoms with E-state index in [0.717, 1.165) is 40.5 Å². The van der Waals surface area contributed by atoms with E-state index in [-0.39, 0.29) is 6.61 Å². The van der Waals surface area contributed by atoms with Crippen molar-refractivity contribution in [2.75, 3.05) is 32.8 Å². The number of nitrogens with zero attached hydrogens (tertiary/aromatic N) is 2. The number of rotatable bonds is 8. The largest absolute Gasteiger partial charge is 0.501 e. The smallest absolute Gasteiger partial charge is 0.411 e. The molecule has 1 aromatic heterocycles. The van der Waals surface area contributed by atoms with Crippen molar-refractivity contribution in [3.8, 4) is 17.3 Å². The number of aromatic nitrogens is 1. The topological polar surface area (TPSA) is 85.5 Å². The predicted octanol–water partition coefficient (Wildman–Crippen LogP) is 3.13. The van der Waals surface area contributed by atoms with Crippen molar-refractivity contribution in [3.05, 3.63) is 52.2 Å². The zero-order valence-corrected chi connectivity index (χ0v) is 18.1. The molecule has 3 rings (SSSR count). The van der Waals surface area contributed by atoms with E-state index in [2.05, 4.69) is 29.0 Å². The molecular formula is C24H27N3O4. The highest BCUT2D eigenvalue weighted by atomic mass is 16.6. The van der Waals surface area contributed by atoms with E-state index in [9.17, 15) is 10.1 Å². The van der Waals surface area contributed by atoms with E-state index in [0.29, 0.717) is 24.3 Å². The number of carbonyl (C=O) groups is 1. The monoisotopic (exact) mass is 421 g/mol. The second-order valence-corrected chi connectivity index (χ2v) is 7.03. The summed E-state index contributed by atoms with van der Waals surface area (Å²) < 4.78 is 17.5. The number of methoxy groups -OCH3 is 2. The summed E-state index contributed by atoms with van der Waals surface area (Å²) in [5, 5.41) is 14.6. The number of hydrogen-bond donors (Lipinski definition) is 1. The van der Waals surface area contributed by atoms with Gasteiger partial charge in [0.1, 0.15) is 12.7 Å². The van der Waals surface area contributed by atoms with Gasteiger partial charge in [-0.1, -0.05) is 25.1 Å². The van der Waals surface area contributed by atoms with E-state index >= 15 is 0 Å². The summed E-state index contributed by atoms with van der Waals surface area (Å²) in [7, 11) is 3.20. The Morgan fingerprint density at radius 2 is 2.10 bits per heavy atom. The average molecular weight is 421 g/mol. The number of hydrogen-bond acceptors (Lipinski definition) is 5. The average Bonchev–Trinajstić information content (AvgIpc) is 2.91. The summed E-state index contributed by atoms with van der Waals surface area (Å²) >= 11 is 0. The lowest BCUT2D eigenvalue weighted by molar-refractivity contribution is 0.107. The van der Waals surface area contributed by atoms with Gasteiger partial charge in [0.05, 0.1) is 30.7 Å². The molecule has 31 heavy (non-hydrogen) atoms. The van der Waals surface area contributed by atoms with E-state index in [1.165, 1.54) is 0 Å². The fraction of sp³-hybridized carbons (Fsp3) is 0.333. The van der Waals surface area contributed by atoms with Crippen molar-refractivity contribution in [2.45, 2.75) is 26.3 Å². The van der Waals surface area contributed by atoms with Crippen LogP contribution in [-0.2, 0) is 20.8 Å². The van der Waals surface area contributed by atoms with Crippen LogP contribution in [0, 0.1) is 11.3 Å². The van der Waals surface area contributed by atoms with Crippen molar-refractivity contribution in [3.63, 3.8) is 0 Å². The first-order valence-electron chi connectivity index (χ1n) is 10.2. The maximum absolute atomic E-state index is 12.0. The summed E-state index contributed by atoms with van der Waals surface area (Å²) in [6, 6.07) is 9.83. The van der Waals surface area contributed by atoms with Gasteiger partial charge in [-0.25, -0.2) is 4.79 Å². The minimum atomic E-state index is -0.548. The molecule has 7 heteroatoms. The lowest BCUT2D eigenvalue weighted by atomic mass is 10.1. The molecule has 0 aliphatic heterocycles. The SMILES string of the molecule is CCCn1c(-c2cccc(NC(=O)OCCOC)c2)c(C#N)c2c1=CCC(OC)=CC=2. The molecule has 0 radical (unpaired) electrons. The molecular weight excluding hydrogens is 394 g/mol. The van der Waals surface area contributed by atoms with Crippen LogP contribution in [0.5, 0.6) is 0 Å². The molecule has 1 aromatic carbocycles. The third kappa shape index (κ3) is 4.98. The maximum atomic E-state index is 12.0. The third-order valence-corrected chi connectivity index (χ3v) is 5.00. The second-order valence-electron chi connectivity index (χ2n) is 7.03. The Bertz CT molecular complexity index is 1140. The Balaban J connectivity index is 2.06. The first-order chi connectivity index (χ1) is 15.1. The molecule has 2 aromatic rings. The van der Waals surface area contributed by atoms with Crippen LogP contribution >= 0.6 is 0 Å². The summed E-state index contributed by atoms with van der Waals surface area (Å²) in [4.78, 5) is 12.0. The minimum absolute atomic E-state index is 0.176. The van der Waals surface area contributed by atoms with E-state index in [1.54, 1.807) is 20.3 Å². The number of nitrogens with one attached hydrogen (secondary N) is 1. The molecule has 1 amide bonds. The van der Waals surface area contributed by atoms with Gasteiger partial charge in [-0.15, -0.1) is 0 Å². The van der Waals surface area contributed by atoms with E-state index in [1.807, 2.05) is 30.4 Å². The Hall–Kier alpha value is -3.50. The molecule has 7 nitrogen and oxygen atoms in total. The second kappa shape index (κ2) is 10.5. The summed E-state index contributed by atoms with van der Waals surface area (Å²) in [6.45, 7) is 3.38. The van der Waals surface area contributed by atoms with Gasteiger partial charge in [-0.05, 0) is 30.7 Å². The molecule has 0 fully saturated rings. The van der Waals surface area contributed by atoms with Crippen LogP contribution in [0.15, 0.2) is 36.1 Å². The van der Waals surface area contributed by atoms with Crippen LogP contribution in [0.2, 0.25) is 0 Å². The number of carbonyl (C=O) groups excluding carboxylic acids is 1. The molecule has 1 aliphatic rings. The highest BCUT2D eigenvalue weighted by Gasteiger charge is 2.18. The highest BCUT2D eigenvalue weighted by Crippen LogP contribution is 2.25.